The minimum Gasteiger partial charge on any atom is -0.390 e. The molecule has 0 spiro atoms. The third-order valence-electron chi connectivity index (χ3n) is 3.15. The topological polar surface area (TPSA) is 89.2 Å². The maximum atomic E-state index is 12.3. The van der Waals surface area contributed by atoms with Gasteiger partial charge in [-0.2, -0.15) is 5.10 Å². The molecule has 2 rings (SSSR count). The second kappa shape index (κ2) is 6.42. The Morgan fingerprint density at radius 2 is 2.24 bits per heavy atom. The summed E-state index contributed by atoms with van der Waals surface area (Å²) in [6.45, 7) is 4.54. The zero-order valence-electron chi connectivity index (χ0n) is 12.1. The van der Waals surface area contributed by atoms with Crippen molar-refractivity contribution in [1.29, 1.82) is 0 Å². The van der Waals surface area contributed by atoms with Gasteiger partial charge in [0.2, 0.25) is 10.0 Å². The van der Waals surface area contributed by atoms with Crippen LogP contribution in [0, 0.1) is 0 Å². The average molecular weight is 312 g/mol. The number of hydrogen-bond acceptors (Lipinski definition) is 4. The van der Waals surface area contributed by atoms with Crippen molar-refractivity contribution in [2.75, 3.05) is 0 Å². The highest BCUT2D eigenvalue weighted by Gasteiger charge is 2.20. The number of nitrogens with one attached hydrogen (secondary N) is 1. The van der Waals surface area contributed by atoms with E-state index in [-0.39, 0.29) is 17.5 Å². The highest BCUT2D eigenvalue weighted by Crippen LogP contribution is 2.15. The minimum atomic E-state index is -3.61. The van der Waals surface area contributed by atoms with E-state index in [1.807, 2.05) is 6.92 Å². The van der Waals surface area contributed by atoms with Gasteiger partial charge in [0.1, 0.15) is 0 Å². The van der Waals surface area contributed by atoms with E-state index in [0.717, 1.165) is 0 Å². The fourth-order valence-corrected chi connectivity index (χ4v) is 3.46. The van der Waals surface area contributed by atoms with Crippen LogP contribution in [0.15, 0.2) is 35.6 Å². The van der Waals surface area contributed by atoms with E-state index in [1.54, 1.807) is 34.6 Å². The molecule has 116 valence electrons. The van der Waals surface area contributed by atoms with Gasteiger partial charge in [-0.1, -0.05) is 0 Å². The van der Waals surface area contributed by atoms with E-state index < -0.39 is 10.0 Å². The summed E-state index contributed by atoms with van der Waals surface area (Å²) in [4.78, 5) is 0.167. The van der Waals surface area contributed by atoms with Crippen LogP contribution >= 0.6 is 0 Å². The van der Waals surface area contributed by atoms with Crippen LogP contribution in [0.25, 0.3) is 0 Å². The van der Waals surface area contributed by atoms with Crippen molar-refractivity contribution in [3.63, 3.8) is 0 Å². The van der Waals surface area contributed by atoms with Crippen molar-refractivity contribution in [3.05, 3.63) is 36.4 Å². The highest BCUT2D eigenvalue weighted by molar-refractivity contribution is 7.89. The molecule has 0 saturated heterocycles. The summed E-state index contributed by atoms with van der Waals surface area (Å²) in [6.07, 6.45) is 4.97. The molecular formula is C13H20N4O3S. The van der Waals surface area contributed by atoms with Crippen LogP contribution in [0.2, 0.25) is 0 Å². The normalized spacial score (nSPS) is 13.5. The van der Waals surface area contributed by atoms with E-state index in [4.69, 9.17) is 0 Å². The summed E-state index contributed by atoms with van der Waals surface area (Å²) in [6, 6.07) is 2.99. The van der Waals surface area contributed by atoms with Crippen molar-refractivity contribution in [1.82, 2.24) is 19.1 Å². The molecule has 0 aliphatic rings. The molecule has 1 unspecified atom stereocenters. The molecule has 0 radical (unpaired) electrons. The zero-order valence-corrected chi connectivity index (χ0v) is 12.9. The Hall–Kier alpha value is -1.64. The third kappa shape index (κ3) is 3.72. The van der Waals surface area contributed by atoms with E-state index in [9.17, 15) is 13.5 Å². The van der Waals surface area contributed by atoms with Gasteiger partial charge < -0.3 is 9.67 Å². The number of sulfonamides is 1. The van der Waals surface area contributed by atoms with Gasteiger partial charge in [-0.25, -0.2) is 13.1 Å². The van der Waals surface area contributed by atoms with Crippen LogP contribution in [0.4, 0.5) is 0 Å². The molecule has 0 fully saturated rings. The van der Waals surface area contributed by atoms with Crippen molar-refractivity contribution >= 4 is 10.0 Å². The van der Waals surface area contributed by atoms with Crippen LogP contribution < -0.4 is 4.72 Å². The molecule has 21 heavy (non-hydrogen) atoms. The first-order valence-corrected chi connectivity index (χ1v) is 8.24. The molecule has 0 aromatic carbocycles. The molecule has 0 saturated carbocycles. The van der Waals surface area contributed by atoms with Crippen molar-refractivity contribution in [2.45, 2.75) is 44.5 Å². The molecule has 2 aromatic rings. The molecule has 0 aliphatic heterocycles. The highest BCUT2D eigenvalue weighted by atomic mass is 32.2. The molecule has 2 heterocycles. The Balaban J connectivity index is 2.12. The van der Waals surface area contributed by atoms with Crippen molar-refractivity contribution in [2.24, 2.45) is 0 Å². The van der Waals surface area contributed by atoms with Crippen LogP contribution in [-0.4, -0.2) is 33.9 Å². The van der Waals surface area contributed by atoms with Crippen LogP contribution in [0.1, 0.15) is 19.5 Å². The molecule has 2 N–H and O–H groups in total. The molecule has 0 amide bonds. The lowest BCUT2D eigenvalue weighted by Crippen LogP contribution is -2.35. The lowest BCUT2D eigenvalue weighted by atomic mass is 10.4. The molecule has 1 atom stereocenters. The number of aliphatic hydroxyl groups is 1. The van der Waals surface area contributed by atoms with Crippen LogP contribution in [0.5, 0.6) is 0 Å². The summed E-state index contributed by atoms with van der Waals surface area (Å²) in [5, 5.41) is 13.3. The fourth-order valence-electron chi connectivity index (χ4n) is 2.16. The van der Waals surface area contributed by atoms with Gasteiger partial charge in [0.15, 0.2) is 0 Å². The molecule has 7 nitrogen and oxygen atoms in total. The molecule has 2 aromatic heterocycles. The van der Waals surface area contributed by atoms with Gasteiger partial charge in [0, 0.05) is 36.9 Å². The van der Waals surface area contributed by atoms with Gasteiger partial charge in [0.25, 0.3) is 0 Å². The second-order valence-electron chi connectivity index (χ2n) is 4.86. The summed E-state index contributed by atoms with van der Waals surface area (Å²) < 4.78 is 30.7. The maximum Gasteiger partial charge on any atom is 0.242 e. The number of nitrogens with zero attached hydrogens (tertiary/aromatic N) is 3. The molecular weight excluding hydrogens is 292 g/mol. The monoisotopic (exact) mass is 312 g/mol. The van der Waals surface area contributed by atoms with Crippen molar-refractivity contribution in [3.8, 4) is 0 Å². The fraction of sp³-hybridized carbons (Fsp3) is 0.462. The lowest BCUT2D eigenvalue weighted by molar-refractivity contribution is 0.271. The number of aromatic nitrogens is 3. The second-order valence-corrected chi connectivity index (χ2v) is 6.58. The number of aliphatic hydroxyl groups excluding tert-OH is 1. The molecule has 8 heteroatoms. The number of aryl methyl sites for hydroxylation is 1. The number of hydrogen-bond donors (Lipinski definition) is 2. The van der Waals surface area contributed by atoms with Crippen LogP contribution in [0.3, 0.4) is 0 Å². The van der Waals surface area contributed by atoms with Gasteiger partial charge in [-0.05, 0) is 26.0 Å². The SMILES string of the molecule is CCn1cc(S(=O)(=O)NC(C)Cn2cccn2)cc1CO. The average Bonchev–Trinajstić information content (AvgIpc) is 3.06. The quantitative estimate of drug-likeness (QED) is 0.782. The molecule has 0 aliphatic carbocycles. The summed E-state index contributed by atoms with van der Waals surface area (Å²) in [5.74, 6) is 0. The van der Waals surface area contributed by atoms with Crippen LogP contribution in [-0.2, 0) is 29.7 Å². The first-order chi connectivity index (χ1) is 9.96. The Morgan fingerprint density at radius 1 is 1.48 bits per heavy atom. The Bertz CT molecular complexity index is 655. The Labute approximate surface area is 124 Å². The third-order valence-corrected chi connectivity index (χ3v) is 4.71. The first kappa shape index (κ1) is 15.7. The smallest absolute Gasteiger partial charge is 0.242 e. The standard InChI is InChI=1S/C13H20N4O3S/c1-3-16-9-13(7-12(16)10-18)21(19,20)15-11(2)8-17-6-4-5-14-17/h4-7,9,11,15,18H,3,8,10H2,1-2H3. The summed E-state index contributed by atoms with van der Waals surface area (Å²) in [5.41, 5.74) is 0.581. The van der Waals surface area contributed by atoms with E-state index in [1.165, 1.54) is 12.3 Å². The van der Waals surface area contributed by atoms with E-state index in [2.05, 4.69) is 9.82 Å². The van der Waals surface area contributed by atoms with Crippen molar-refractivity contribution < 1.29 is 13.5 Å². The van der Waals surface area contributed by atoms with Gasteiger partial charge in [-0.3, -0.25) is 4.68 Å². The first-order valence-electron chi connectivity index (χ1n) is 6.76. The molecule has 0 bridgehead atoms. The summed E-state index contributed by atoms with van der Waals surface area (Å²) >= 11 is 0. The predicted molar refractivity (Wildman–Crippen MR) is 78.0 cm³/mol. The minimum absolute atomic E-state index is 0.167. The largest absolute Gasteiger partial charge is 0.390 e. The zero-order chi connectivity index (χ0) is 15.5. The maximum absolute atomic E-state index is 12.3. The van der Waals surface area contributed by atoms with E-state index in [0.29, 0.717) is 18.8 Å². The van der Waals surface area contributed by atoms with Gasteiger partial charge in [-0.15, -0.1) is 0 Å². The van der Waals surface area contributed by atoms with E-state index >= 15 is 0 Å². The number of rotatable bonds is 7. The predicted octanol–water partition coefficient (Wildman–Crippen LogP) is 0.564. The van der Waals surface area contributed by atoms with Gasteiger partial charge in [0.05, 0.1) is 18.0 Å². The Morgan fingerprint density at radius 3 is 2.76 bits per heavy atom. The van der Waals surface area contributed by atoms with Gasteiger partial charge >= 0.3 is 0 Å². The lowest BCUT2D eigenvalue weighted by Gasteiger charge is -2.13. The summed E-state index contributed by atoms with van der Waals surface area (Å²) in [7, 11) is -3.61. The Kier molecular flexibility index (Phi) is 4.81.